The second-order valence-electron chi connectivity index (χ2n) is 3.30. The van der Waals surface area contributed by atoms with Gasteiger partial charge in [0.25, 0.3) is 0 Å². The average molecular weight is 212 g/mol. The summed E-state index contributed by atoms with van der Waals surface area (Å²) >= 11 is 1.40. The molecule has 2 heterocycles. The SMILES string of the molecule is O=C1CCC(NCc2cnns2)CN1. The highest BCUT2D eigenvalue weighted by atomic mass is 32.1. The molecular weight excluding hydrogens is 200 g/mol. The molecule has 0 spiro atoms. The van der Waals surface area contributed by atoms with Crippen LogP contribution in [0.15, 0.2) is 6.20 Å². The number of amides is 1. The summed E-state index contributed by atoms with van der Waals surface area (Å²) in [7, 11) is 0. The molecule has 5 nitrogen and oxygen atoms in total. The van der Waals surface area contributed by atoms with Gasteiger partial charge in [-0.1, -0.05) is 4.49 Å². The molecule has 14 heavy (non-hydrogen) atoms. The van der Waals surface area contributed by atoms with Gasteiger partial charge in [0.05, 0.1) is 11.1 Å². The zero-order valence-electron chi connectivity index (χ0n) is 7.69. The average Bonchev–Trinajstić information content (AvgIpc) is 2.70. The normalized spacial score (nSPS) is 22.0. The summed E-state index contributed by atoms with van der Waals surface area (Å²) in [5.74, 6) is 0.155. The summed E-state index contributed by atoms with van der Waals surface area (Å²) < 4.78 is 3.78. The van der Waals surface area contributed by atoms with Crippen molar-refractivity contribution in [3.8, 4) is 0 Å². The molecule has 1 aliphatic rings. The van der Waals surface area contributed by atoms with Gasteiger partial charge in [-0.3, -0.25) is 4.79 Å². The van der Waals surface area contributed by atoms with Crippen molar-refractivity contribution in [3.63, 3.8) is 0 Å². The van der Waals surface area contributed by atoms with Gasteiger partial charge in [-0.15, -0.1) is 5.10 Å². The van der Waals surface area contributed by atoms with E-state index in [4.69, 9.17) is 0 Å². The molecule has 1 fully saturated rings. The second-order valence-corrected chi connectivity index (χ2v) is 4.17. The van der Waals surface area contributed by atoms with Gasteiger partial charge >= 0.3 is 0 Å². The maximum absolute atomic E-state index is 10.9. The number of aromatic nitrogens is 2. The van der Waals surface area contributed by atoms with Crippen LogP contribution in [0.4, 0.5) is 0 Å². The summed E-state index contributed by atoms with van der Waals surface area (Å²) in [6, 6.07) is 0.384. The topological polar surface area (TPSA) is 66.9 Å². The molecule has 1 atom stereocenters. The smallest absolute Gasteiger partial charge is 0.220 e. The Hall–Kier alpha value is -1.01. The Kier molecular flexibility index (Phi) is 3.05. The molecule has 1 aromatic rings. The molecule has 1 unspecified atom stereocenters. The molecular formula is C8H12N4OS. The van der Waals surface area contributed by atoms with Crippen LogP contribution >= 0.6 is 11.5 Å². The lowest BCUT2D eigenvalue weighted by Gasteiger charge is -2.22. The number of nitrogens with one attached hydrogen (secondary N) is 2. The van der Waals surface area contributed by atoms with E-state index in [-0.39, 0.29) is 5.91 Å². The maximum Gasteiger partial charge on any atom is 0.220 e. The molecule has 0 aromatic carbocycles. The summed E-state index contributed by atoms with van der Waals surface area (Å²) in [6.45, 7) is 1.52. The number of carbonyl (C=O) groups is 1. The minimum absolute atomic E-state index is 0.155. The van der Waals surface area contributed by atoms with E-state index in [1.54, 1.807) is 6.20 Å². The van der Waals surface area contributed by atoms with Crippen LogP contribution < -0.4 is 10.6 Å². The van der Waals surface area contributed by atoms with E-state index in [0.717, 1.165) is 24.4 Å². The zero-order chi connectivity index (χ0) is 9.80. The third-order valence-electron chi connectivity index (χ3n) is 2.24. The number of hydrogen-bond acceptors (Lipinski definition) is 5. The lowest BCUT2D eigenvalue weighted by molar-refractivity contribution is -0.122. The predicted molar refractivity (Wildman–Crippen MR) is 52.8 cm³/mol. The molecule has 6 heteroatoms. The molecule has 1 saturated heterocycles. The minimum atomic E-state index is 0.155. The van der Waals surface area contributed by atoms with Crippen LogP contribution in [0, 0.1) is 0 Å². The number of hydrogen-bond donors (Lipinski definition) is 2. The molecule has 2 N–H and O–H groups in total. The summed E-state index contributed by atoms with van der Waals surface area (Å²) in [4.78, 5) is 12.0. The van der Waals surface area contributed by atoms with Crippen molar-refractivity contribution in [2.75, 3.05) is 6.54 Å². The standard InChI is InChI=1S/C8H12N4OS/c13-8-2-1-6(3-10-8)9-4-7-5-11-12-14-7/h5-6,9H,1-4H2,(H,10,13). The van der Waals surface area contributed by atoms with Gasteiger partial charge in [0, 0.05) is 25.6 Å². The largest absolute Gasteiger partial charge is 0.355 e. The van der Waals surface area contributed by atoms with Gasteiger partial charge in [0.15, 0.2) is 0 Å². The Morgan fingerprint density at radius 3 is 3.29 bits per heavy atom. The Balaban J connectivity index is 1.73. The molecule has 0 aliphatic carbocycles. The van der Waals surface area contributed by atoms with E-state index < -0.39 is 0 Å². The number of carbonyl (C=O) groups excluding carboxylic acids is 1. The van der Waals surface area contributed by atoms with E-state index >= 15 is 0 Å². The quantitative estimate of drug-likeness (QED) is 0.734. The molecule has 1 aromatic heterocycles. The van der Waals surface area contributed by atoms with Crippen LogP contribution in [0.3, 0.4) is 0 Å². The van der Waals surface area contributed by atoms with E-state index in [2.05, 4.69) is 20.2 Å². The molecule has 0 radical (unpaired) electrons. The molecule has 0 saturated carbocycles. The van der Waals surface area contributed by atoms with Crippen molar-refractivity contribution >= 4 is 17.4 Å². The fourth-order valence-electron chi connectivity index (χ4n) is 1.42. The highest BCUT2D eigenvalue weighted by Crippen LogP contribution is 2.06. The van der Waals surface area contributed by atoms with Crippen molar-refractivity contribution in [1.82, 2.24) is 20.2 Å². The lowest BCUT2D eigenvalue weighted by atomic mass is 10.1. The van der Waals surface area contributed by atoms with Crippen molar-refractivity contribution in [1.29, 1.82) is 0 Å². The van der Waals surface area contributed by atoms with Gasteiger partial charge in [-0.25, -0.2) is 0 Å². The zero-order valence-corrected chi connectivity index (χ0v) is 8.51. The minimum Gasteiger partial charge on any atom is -0.355 e. The number of rotatable bonds is 3. The monoisotopic (exact) mass is 212 g/mol. The molecule has 2 rings (SSSR count). The fraction of sp³-hybridized carbons (Fsp3) is 0.625. The maximum atomic E-state index is 10.9. The Morgan fingerprint density at radius 2 is 2.64 bits per heavy atom. The van der Waals surface area contributed by atoms with Crippen LogP contribution in [-0.2, 0) is 11.3 Å². The van der Waals surface area contributed by atoms with Crippen molar-refractivity contribution in [2.24, 2.45) is 0 Å². The molecule has 0 bridgehead atoms. The van der Waals surface area contributed by atoms with Crippen molar-refractivity contribution in [3.05, 3.63) is 11.1 Å². The predicted octanol–water partition coefficient (Wildman–Crippen LogP) is -0.0937. The van der Waals surface area contributed by atoms with Gasteiger partial charge in [0.2, 0.25) is 5.91 Å². The number of piperidine rings is 1. The first-order valence-corrected chi connectivity index (χ1v) is 5.38. The first-order chi connectivity index (χ1) is 6.84. The van der Waals surface area contributed by atoms with E-state index in [0.29, 0.717) is 12.5 Å². The first-order valence-electron chi connectivity index (χ1n) is 4.61. The van der Waals surface area contributed by atoms with Gasteiger partial charge in [-0.2, -0.15) is 0 Å². The molecule has 1 aliphatic heterocycles. The summed E-state index contributed by atoms with van der Waals surface area (Å²) in [5, 5.41) is 9.95. The van der Waals surface area contributed by atoms with E-state index in [9.17, 15) is 4.79 Å². The molecule has 76 valence electrons. The Morgan fingerprint density at radius 1 is 1.71 bits per heavy atom. The Labute approximate surface area is 86.1 Å². The van der Waals surface area contributed by atoms with Crippen molar-refractivity contribution < 1.29 is 4.79 Å². The van der Waals surface area contributed by atoms with Gasteiger partial charge < -0.3 is 10.6 Å². The second kappa shape index (κ2) is 4.47. The lowest BCUT2D eigenvalue weighted by Crippen LogP contribution is -2.45. The van der Waals surface area contributed by atoms with Crippen LogP contribution in [0.25, 0.3) is 0 Å². The van der Waals surface area contributed by atoms with Gasteiger partial charge in [-0.05, 0) is 18.0 Å². The summed E-state index contributed by atoms with van der Waals surface area (Å²) in [6.07, 6.45) is 3.30. The summed E-state index contributed by atoms with van der Waals surface area (Å²) in [5.41, 5.74) is 0. The number of nitrogens with zero attached hydrogens (tertiary/aromatic N) is 2. The fourth-order valence-corrected chi connectivity index (χ4v) is 1.86. The third kappa shape index (κ3) is 2.49. The van der Waals surface area contributed by atoms with Crippen LogP contribution in [-0.4, -0.2) is 28.1 Å². The highest BCUT2D eigenvalue weighted by Gasteiger charge is 2.17. The van der Waals surface area contributed by atoms with Crippen LogP contribution in [0.2, 0.25) is 0 Å². The first kappa shape index (κ1) is 9.54. The van der Waals surface area contributed by atoms with Crippen LogP contribution in [0.1, 0.15) is 17.7 Å². The van der Waals surface area contributed by atoms with E-state index in [1.807, 2.05) is 0 Å². The van der Waals surface area contributed by atoms with Crippen molar-refractivity contribution in [2.45, 2.75) is 25.4 Å². The third-order valence-corrected chi connectivity index (χ3v) is 2.90. The van der Waals surface area contributed by atoms with Gasteiger partial charge in [0.1, 0.15) is 0 Å². The highest BCUT2D eigenvalue weighted by molar-refractivity contribution is 7.05. The Bertz CT molecular complexity index is 290. The van der Waals surface area contributed by atoms with E-state index in [1.165, 1.54) is 11.5 Å². The molecule has 1 amide bonds. The van der Waals surface area contributed by atoms with Crippen LogP contribution in [0.5, 0.6) is 0 Å².